The van der Waals surface area contributed by atoms with Crippen molar-refractivity contribution in [2.24, 2.45) is 10.2 Å². The Hall–Kier alpha value is -4.13. The average Bonchev–Trinajstić information content (AvgIpc) is 3.08. The van der Waals surface area contributed by atoms with E-state index >= 15 is 0 Å². The number of aromatic hydroxyl groups is 1. The van der Waals surface area contributed by atoms with Gasteiger partial charge in [-0.1, -0.05) is 48.5 Å². The van der Waals surface area contributed by atoms with Crippen LogP contribution in [0.3, 0.4) is 0 Å². The topological polar surface area (TPSA) is 85.4 Å². The van der Waals surface area contributed by atoms with E-state index in [1.807, 2.05) is 54.6 Å². The van der Waals surface area contributed by atoms with Crippen molar-refractivity contribution in [1.82, 2.24) is 4.57 Å². The minimum Gasteiger partial charge on any atom is -0.493 e. The van der Waals surface area contributed by atoms with Gasteiger partial charge in [-0.2, -0.15) is 0 Å². The lowest BCUT2D eigenvalue weighted by atomic mass is 10.2. The van der Waals surface area contributed by atoms with Crippen molar-refractivity contribution in [1.29, 1.82) is 0 Å². The van der Waals surface area contributed by atoms with E-state index in [4.69, 9.17) is 9.47 Å². The monoisotopic (exact) mass is 415 g/mol. The first-order chi connectivity index (χ1) is 15.1. The fourth-order valence-corrected chi connectivity index (χ4v) is 3.42. The highest BCUT2D eigenvalue weighted by atomic mass is 16.5. The zero-order valence-corrected chi connectivity index (χ0v) is 17.1. The van der Waals surface area contributed by atoms with Gasteiger partial charge in [0.15, 0.2) is 17.2 Å². The van der Waals surface area contributed by atoms with Gasteiger partial charge in [0.25, 0.3) is 5.91 Å². The number of hydrogen-bond donors (Lipinski definition) is 1. The van der Waals surface area contributed by atoms with Crippen LogP contribution in [0.1, 0.15) is 15.9 Å². The molecule has 3 aromatic carbocycles. The van der Waals surface area contributed by atoms with Gasteiger partial charge in [0.2, 0.25) is 5.88 Å². The van der Waals surface area contributed by atoms with Gasteiger partial charge in [-0.25, -0.2) is 0 Å². The molecular formula is C24H21N3O4. The summed E-state index contributed by atoms with van der Waals surface area (Å²) in [5, 5.41) is 19.5. The molecule has 0 radical (unpaired) electrons. The highest BCUT2D eigenvalue weighted by Crippen LogP contribution is 2.39. The Kier molecular flexibility index (Phi) is 5.66. The molecule has 0 atom stereocenters. The molecule has 1 amide bonds. The summed E-state index contributed by atoms with van der Waals surface area (Å²) < 4.78 is 12.2. The molecule has 0 aliphatic carbocycles. The van der Waals surface area contributed by atoms with E-state index in [2.05, 4.69) is 10.2 Å². The minimum absolute atomic E-state index is 0.0473. The number of azo groups is 1. The van der Waals surface area contributed by atoms with E-state index in [1.54, 1.807) is 22.8 Å². The van der Waals surface area contributed by atoms with Crippen LogP contribution in [0.5, 0.6) is 17.4 Å². The fourth-order valence-electron chi connectivity index (χ4n) is 3.42. The summed E-state index contributed by atoms with van der Waals surface area (Å²) >= 11 is 0. The third kappa shape index (κ3) is 3.98. The SMILES string of the molecule is COc1ccc(C(=O)N=Nc2c(O)n(Cc3ccccc3)c3ccccc23)cc1OC. The minimum atomic E-state index is -0.555. The number of para-hydroxylation sites is 1. The lowest BCUT2D eigenvalue weighted by molar-refractivity contribution is 0.0994. The van der Waals surface area contributed by atoms with Gasteiger partial charge in [-0.15, -0.1) is 10.2 Å². The van der Waals surface area contributed by atoms with Crippen molar-refractivity contribution >= 4 is 22.5 Å². The van der Waals surface area contributed by atoms with Crippen LogP contribution in [0.2, 0.25) is 0 Å². The molecule has 7 nitrogen and oxygen atoms in total. The van der Waals surface area contributed by atoms with Crippen molar-refractivity contribution in [3.63, 3.8) is 0 Å². The quantitative estimate of drug-likeness (QED) is 0.431. The van der Waals surface area contributed by atoms with Crippen LogP contribution in [0.15, 0.2) is 83.0 Å². The van der Waals surface area contributed by atoms with Crippen molar-refractivity contribution in [2.75, 3.05) is 14.2 Å². The number of amides is 1. The van der Waals surface area contributed by atoms with Gasteiger partial charge < -0.3 is 19.1 Å². The molecular weight excluding hydrogens is 394 g/mol. The maximum Gasteiger partial charge on any atom is 0.295 e. The van der Waals surface area contributed by atoms with E-state index < -0.39 is 5.91 Å². The molecule has 156 valence electrons. The highest BCUT2D eigenvalue weighted by Gasteiger charge is 2.17. The summed E-state index contributed by atoms with van der Waals surface area (Å²) in [5.74, 6) is 0.331. The smallest absolute Gasteiger partial charge is 0.295 e. The molecule has 0 saturated heterocycles. The number of nitrogens with zero attached hydrogens (tertiary/aromatic N) is 3. The summed E-state index contributed by atoms with van der Waals surface area (Å²) in [7, 11) is 3.01. The molecule has 7 heteroatoms. The summed E-state index contributed by atoms with van der Waals surface area (Å²) in [6, 6.07) is 22.0. The number of hydrogen-bond acceptors (Lipinski definition) is 5. The number of rotatable bonds is 6. The first kappa shape index (κ1) is 20.2. The predicted octanol–water partition coefficient (Wildman–Crippen LogP) is 5.34. The number of aromatic nitrogens is 1. The normalized spacial score (nSPS) is 11.2. The molecule has 4 rings (SSSR count). The van der Waals surface area contributed by atoms with E-state index in [0.29, 0.717) is 29.0 Å². The van der Waals surface area contributed by atoms with Crippen LogP contribution in [-0.4, -0.2) is 29.8 Å². The molecule has 0 bridgehead atoms. The Morgan fingerprint density at radius 3 is 2.39 bits per heavy atom. The molecule has 1 heterocycles. The molecule has 0 aliphatic heterocycles. The van der Waals surface area contributed by atoms with Crippen molar-refractivity contribution in [3.8, 4) is 17.4 Å². The van der Waals surface area contributed by atoms with Crippen LogP contribution < -0.4 is 9.47 Å². The highest BCUT2D eigenvalue weighted by molar-refractivity contribution is 5.97. The summed E-state index contributed by atoms with van der Waals surface area (Å²) in [6.07, 6.45) is 0. The third-order valence-electron chi connectivity index (χ3n) is 4.97. The van der Waals surface area contributed by atoms with Crippen molar-refractivity contribution in [3.05, 3.63) is 83.9 Å². The van der Waals surface area contributed by atoms with E-state index in [1.165, 1.54) is 14.2 Å². The Labute approximate surface area is 179 Å². The third-order valence-corrected chi connectivity index (χ3v) is 4.97. The van der Waals surface area contributed by atoms with E-state index in [9.17, 15) is 9.90 Å². The average molecular weight is 415 g/mol. The van der Waals surface area contributed by atoms with Crippen molar-refractivity contribution < 1.29 is 19.4 Å². The van der Waals surface area contributed by atoms with Gasteiger partial charge in [-0.05, 0) is 29.8 Å². The van der Waals surface area contributed by atoms with Crippen LogP contribution in [-0.2, 0) is 6.54 Å². The maximum absolute atomic E-state index is 12.6. The van der Waals surface area contributed by atoms with Crippen LogP contribution in [0.25, 0.3) is 10.9 Å². The summed E-state index contributed by atoms with van der Waals surface area (Å²) in [4.78, 5) is 12.6. The second-order valence-electron chi connectivity index (χ2n) is 6.84. The number of ether oxygens (including phenoxy) is 2. The Balaban J connectivity index is 1.69. The first-order valence-electron chi connectivity index (χ1n) is 9.64. The molecule has 0 aliphatic rings. The van der Waals surface area contributed by atoms with Gasteiger partial charge in [0.1, 0.15) is 0 Å². The summed E-state index contributed by atoms with van der Waals surface area (Å²) in [5.41, 5.74) is 2.38. The number of fused-ring (bicyclic) bond motifs is 1. The van der Waals surface area contributed by atoms with E-state index in [-0.39, 0.29) is 11.6 Å². The number of carbonyl (C=O) groups excluding carboxylic acids is 1. The largest absolute Gasteiger partial charge is 0.493 e. The van der Waals surface area contributed by atoms with E-state index in [0.717, 1.165) is 11.1 Å². The Morgan fingerprint density at radius 1 is 0.935 bits per heavy atom. The lowest BCUT2D eigenvalue weighted by Crippen LogP contribution is -1.98. The fraction of sp³-hybridized carbons (Fsp3) is 0.125. The molecule has 31 heavy (non-hydrogen) atoms. The number of benzene rings is 3. The maximum atomic E-state index is 12.6. The molecule has 4 aromatic rings. The molecule has 0 fully saturated rings. The van der Waals surface area contributed by atoms with Crippen LogP contribution in [0.4, 0.5) is 5.69 Å². The second kappa shape index (κ2) is 8.71. The zero-order valence-electron chi connectivity index (χ0n) is 17.1. The first-order valence-corrected chi connectivity index (χ1v) is 9.64. The van der Waals surface area contributed by atoms with Gasteiger partial charge in [-0.3, -0.25) is 4.79 Å². The van der Waals surface area contributed by atoms with Gasteiger partial charge in [0.05, 0.1) is 26.3 Å². The summed E-state index contributed by atoms with van der Waals surface area (Å²) in [6.45, 7) is 0.465. The molecule has 1 aromatic heterocycles. The predicted molar refractivity (Wildman–Crippen MR) is 118 cm³/mol. The van der Waals surface area contributed by atoms with Crippen LogP contribution in [0, 0.1) is 0 Å². The van der Waals surface area contributed by atoms with Crippen LogP contribution >= 0.6 is 0 Å². The molecule has 1 N–H and O–H groups in total. The Morgan fingerprint density at radius 2 is 1.65 bits per heavy atom. The van der Waals surface area contributed by atoms with Crippen molar-refractivity contribution in [2.45, 2.75) is 6.54 Å². The lowest BCUT2D eigenvalue weighted by Gasteiger charge is -2.07. The van der Waals surface area contributed by atoms with Gasteiger partial charge >= 0.3 is 0 Å². The molecule has 0 saturated carbocycles. The van der Waals surface area contributed by atoms with Gasteiger partial charge in [0, 0.05) is 10.9 Å². The Bertz CT molecular complexity index is 1260. The standard InChI is InChI=1S/C24H21N3O4/c1-30-20-13-12-17(14-21(20)31-2)23(28)26-25-22-18-10-6-7-11-19(18)27(24(22)29)15-16-8-4-3-5-9-16/h3-14,29H,15H2,1-2H3. The zero-order chi connectivity index (χ0) is 21.8. The molecule has 0 spiro atoms. The molecule has 0 unspecified atom stereocenters. The number of carbonyl (C=O) groups is 1. The second-order valence-corrected chi connectivity index (χ2v) is 6.84. The number of methoxy groups -OCH3 is 2.